The van der Waals surface area contributed by atoms with Crippen molar-refractivity contribution in [1.29, 1.82) is 0 Å². The second kappa shape index (κ2) is 7.46. The Hall–Kier alpha value is -2.54. The fraction of sp³-hybridized carbons (Fsp3) is 0.200. The molecule has 0 saturated heterocycles. The highest BCUT2D eigenvalue weighted by molar-refractivity contribution is 7.08. The smallest absolute Gasteiger partial charge is 0.339 e. The summed E-state index contributed by atoms with van der Waals surface area (Å²) < 4.78 is 15.2. The van der Waals surface area contributed by atoms with Crippen molar-refractivity contribution in [2.75, 3.05) is 26.1 Å². The number of esters is 1. The zero-order valence-electron chi connectivity index (χ0n) is 12.1. The molecule has 0 aliphatic rings. The molecule has 0 atom stereocenters. The van der Waals surface area contributed by atoms with Gasteiger partial charge in [-0.15, -0.1) is 0 Å². The van der Waals surface area contributed by atoms with Crippen LogP contribution in [0.4, 0.5) is 5.69 Å². The molecule has 2 aromatic rings. The first-order valence-electron chi connectivity index (χ1n) is 6.35. The van der Waals surface area contributed by atoms with Crippen LogP contribution in [0.15, 0.2) is 35.0 Å². The van der Waals surface area contributed by atoms with Crippen molar-refractivity contribution in [2.45, 2.75) is 0 Å². The SMILES string of the molecule is COc1ccc(OC)c(NC(=O)COC(=O)c2ccsc2)c1. The normalized spacial score (nSPS) is 9.91. The van der Waals surface area contributed by atoms with Crippen molar-refractivity contribution in [3.05, 3.63) is 40.6 Å². The fourth-order valence-electron chi connectivity index (χ4n) is 1.69. The summed E-state index contributed by atoms with van der Waals surface area (Å²) in [7, 11) is 3.02. The summed E-state index contributed by atoms with van der Waals surface area (Å²) >= 11 is 1.38. The van der Waals surface area contributed by atoms with Gasteiger partial charge in [-0.1, -0.05) is 0 Å². The van der Waals surface area contributed by atoms with Gasteiger partial charge in [0.1, 0.15) is 11.5 Å². The summed E-state index contributed by atoms with van der Waals surface area (Å²) in [6, 6.07) is 6.64. The fourth-order valence-corrected chi connectivity index (χ4v) is 2.32. The van der Waals surface area contributed by atoms with Crippen molar-refractivity contribution >= 4 is 28.9 Å². The van der Waals surface area contributed by atoms with Crippen molar-refractivity contribution in [2.24, 2.45) is 0 Å². The van der Waals surface area contributed by atoms with Crippen molar-refractivity contribution in [1.82, 2.24) is 0 Å². The molecule has 1 aromatic heterocycles. The molecule has 0 unspecified atom stereocenters. The third-order valence-electron chi connectivity index (χ3n) is 2.77. The number of carbonyl (C=O) groups is 2. The first-order chi connectivity index (χ1) is 10.6. The number of ether oxygens (including phenoxy) is 3. The van der Waals surface area contributed by atoms with Crippen LogP contribution in [0.5, 0.6) is 11.5 Å². The minimum atomic E-state index is -0.533. The average Bonchev–Trinajstić information content (AvgIpc) is 3.07. The minimum Gasteiger partial charge on any atom is -0.497 e. The number of thiophene rings is 1. The highest BCUT2D eigenvalue weighted by atomic mass is 32.1. The topological polar surface area (TPSA) is 73.9 Å². The monoisotopic (exact) mass is 321 g/mol. The van der Waals surface area contributed by atoms with Gasteiger partial charge >= 0.3 is 5.97 Å². The van der Waals surface area contributed by atoms with Crippen LogP contribution < -0.4 is 14.8 Å². The molecule has 0 fully saturated rings. The lowest BCUT2D eigenvalue weighted by Crippen LogP contribution is -2.21. The molecular weight excluding hydrogens is 306 g/mol. The Balaban J connectivity index is 1.95. The molecule has 116 valence electrons. The van der Waals surface area contributed by atoms with Crippen molar-refractivity contribution in [3.63, 3.8) is 0 Å². The molecule has 0 aliphatic heterocycles. The van der Waals surface area contributed by atoms with Gasteiger partial charge in [0.2, 0.25) is 0 Å². The second-order valence-corrected chi connectivity index (χ2v) is 4.98. The zero-order valence-corrected chi connectivity index (χ0v) is 12.9. The van der Waals surface area contributed by atoms with E-state index in [2.05, 4.69) is 5.32 Å². The van der Waals surface area contributed by atoms with Crippen LogP contribution >= 0.6 is 11.3 Å². The van der Waals surface area contributed by atoms with E-state index in [4.69, 9.17) is 14.2 Å². The van der Waals surface area contributed by atoms with E-state index in [1.165, 1.54) is 25.6 Å². The predicted molar refractivity (Wildman–Crippen MR) is 82.8 cm³/mol. The Bertz CT molecular complexity index is 654. The molecule has 1 amide bonds. The largest absolute Gasteiger partial charge is 0.497 e. The summed E-state index contributed by atoms with van der Waals surface area (Å²) in [4.78, 5) is 23.5. The Morgan fingerprint density at radius 1 is 1.18 bits per heavy atom. The minimum absolute atomic E-state index is 0.380. The number of carbonyl (C=O) groups excluding carboxylic acids is 2. The van der Waals surface area contributed by atoms with E-state index in [0.717, 1.165) is 0 Å². The summed E-state index contributed by atoms with van der Waals surface area (Å²) in [6.45, 7) is -0.380. The van der Waals surface area contributed by atoms with Gasteiger partial charge in [0.25, 0.3) is 5.91 Å². The highest BCUT2D eigenvalue weighted by Gasteiger charge is 2.13. The van der Waals surface area contributed by atoms with Gasteiger partial charge in [-0.3, -0.25) is 4.79 Å². The lowest BCUT2D eigenvalue weighted by atomic mass is 10.2. The Kier molecular flexibility index (Phi) is 5.37. The molecule has 1 heterocycles. The van der Waals surface area contributed by atoms with Gasteiger partial charge in [-0.2, -0.15) is 11.3 Å². The van der Waals surface area contributed by atoms with Crippen LogP contribution in [0.2, 0.25) is 0 Å². The summed E-state index contributed by atoms with van der Waals surface area (Å²) in [5.41, 5.74) is 0.871. The molecule has 0 aliphatic carbocycles. The maximum atomic E-state index is 11.9. The number of methoxy groups -OCH3 is 2. The molecule has 0 spiro atoms. The molecule has 0 bridgehead atoms. The number of hydrogen-bond donors (Lipinski definition) is 1. The summed E-state index contributed by atoms with van der Waals surface area (Å²) in [5, 5.41) is 6.04. The van der Waals surface area contributed by atoms with E-state index >= 15 is 0 Å². The molecular formula is C15H15NO5S. The molecule has 0 saturated carbocycles. The van der Waals surface area contributed by atoms with E-state index in [-0.39, 0.29) is 6.61 Å². The number of nitrogens with one attached hydrogen (secondary N) is 1. The van der Waals surface area contributed by atoms with Gasteiger partial charge in [0.05, 0.1) is 25.5 Å². The lowest BCUT2D eigenvalue weighted by molar-refractivity contribution is -0.119. The number of hydrogen-bond acceptors (Lipinski definition) is 6. The molecule has 0 radical (unpaired) electrons. The zero-order chi connectivity index (χ0) is 15.9. The van der Waals surface area contributed by atoms with E-state index in [9.17, 15) is 9.59 Å². The van der Waals surface area contributed by atoms with E-state index in [1.807, 2.05) is 0 Å². The van der Waals surface area contributed by atoms with Crippen LogP contribution in [0, 0.1) is 0 Å². The Morgan fingerprint density at radius 2 is 2.00 bits per heavy atom. The van der Waals surface area contributed by atoms with Crippen molar-refractivity contribution in [3.8, 4) is 11.5 Å². The van der Waals surface area contributed by atoms with E-state index < -0.39 is 11.9 Å². The van der Waals surface area contributed by atoms with Gasteiger partial charge in [0, 0.05) is 11.4 Å². The van der Waals surface area contributed by atoms with Gasteiger partial charge in [-0.05, 0) is 23.6 Å². The van der Waals surface area contributed by atoms with Crippen LogP contribution in [-0.2, 0) is 9.53 Å². The second-order valence-electron chi connectivity index (χ2n) is 4.20. The maximum Gasteiger partial charge on any atom is 0.339 e. The van der Waals surface area contributed by atoms with Crippen LogP contribution in [0.1, 0.15) is 10.4 Å². The summed E-state index contributed by atoms with van der Waals surface area (Å²) in [5.74, 6) is 0.0637. The third-order valence-corrected chi connectivity index (χ3v) is 3.46. The first kappa shape index (κ1) is 15.8. The van der Waals surface area contributed by atoms with Gasteiger partial charge in [0.15, 0.2) is 6.61 Å². The molecule has 1 aromatic carbocycles. The summed E-state index contributed by atoms with van der Waals surface area (Å²) in [6.07, 6.45) is 0. The van der Waals surface area contributed by atoms with Gasteiger partial charge in [-0.25, -0.2) is 4.79 Å². The third kappa shape index (κ3) is 3.98. The number of amides is 1. The van der Waals surface area contributed by atoms with E-state index in [0.29, 0.717) is 22.7 Å². The molecule has 2 rings (SSSR count). The maximum absolute atomic E-state index is 11.9. The average molecular weight is 321 g/mol. The highest BCUT2D eigenvalue weighted by Crippen LogP contribution is 2.28. The standard InChI is InChI=1S/C15H15NO5S/c1-19-11-3-4-13(20-2)12(7-11)16-14(17)8-21-15(18)10-5-6-22-9-10/h3-7,9H,8H2,1-2H3,(H,16,17). The van der Waals surface area contributed by atoms with Crippen LogP contribution in [-0.4, -0.2) is 32.7 Å². The number of rotatable bonds is 6. The Labute approximate surface area is 131 Å². The first-order valence-corrected chi connectivity index (χ1v) is 7.29. The van der Waals surface area contributed by atoms with Gasteiger partial charge < -0.3 is 19.5 Å². The number of anilines is 1. The van der Waals surface area contributed by atoms with E-state index in [1.54, 1.807) is 35.0 Å². The van der Waals surface area contributed by atoms with Crippen LogP contribution in [0.3, 0.4) is 0 Å². The van der Waals surface area contributed by atoms with Crippen LogP contribution in [0.25, 0.3) is 0 Å². The number of benzene rings is 1. The molecule has 1 N–H and O–H groups in total. The Morgan fingerprint density at radius 3 is 2.64 bits per heavy atom. The lowest BCUT2D eigenvalue weighted by Gasteiger charge is -2.11. The quantitative estimate of drug-likeness (QED) is 0.828. The predicted octanol–water partition coefficient (Wildman–Crippen LogP) is 2.56. The molecule has 7 heteroatoms. The molecule has 6 nitrogen and oxygen atoms in total. The van der Waals surface area contributed by atoms with Crippen molar-refractivity contribution < 1.29 is 23.8 Å². The molecule has 22 heavy (non-hydrogen) atoms.